The van der Waals surface area contributed by atoms with E-state index in [9.17, 15) is 8.78 Å². The monoisotopic (exact) mass is 104 g/mol. The Morgan fingerprint density at radius 1 is 1.57 bits per heavy atom. The predicted octanol–water partition coefficient (Wildman–Crippen LogP) is 0.753. The van der Waals surface area contributed by atoms with Gasteiger partial charge < -0.3 is 4.42 Å². The summed E-state index contributed by atoms with van der Waals surface area (Å²) in [5.41, 5.74) is 0. The van der Waals surface area contributed by atoms with E-state index in [1.54, 1.807) is 6.39 Å². The highest BCUT2D eigenvalue weighted by Crippen LogP contribution is 1.97. The minimum atomic E-state index is -1.32. The summed E-state index contributed by atoms with van der Waals surface area (Å²) in [6.45, 7) is 0. The molecule has 37 valence electrons. The van der Waals surface area contributed by atoms with Gasteiger partial charge in [-0.3, -0.25) is 0 Å². The largest absolute Gasteiger partial charge is 0.404 e. The minimum Gasteiger partial charge on any atom is -0.404 e. The molecule has 0 aromatic carbocycles. The first kappa shape index (κ1) is 4.23. The standard InChI is InChI=1S/C3F2NO/c4-2-3(5)7-1-6-2. The minimum absolute atomic E-state index is 1.25. The predicted molar refractivity (Wildman–Crippen MR) is 15.3 cm³/mol. The Morgan fingerprint density at radius 2 is 2.29 bits per heavy atom. The molecule has 1 radical (unpaired) electrons. The van der Waals surface area contributed by atoms with E-state index >= 15 is 0 Å². The fraction of sp³-hybridized carbons (Fsp3) is 0. The van der Waals surface area contributed by atoms with Gasteiger partial charge in [0.25, 0.3) is 12.3 Å². The second-order valence-electron chi connectivity index (χ2n) is 0.870. The van der Waals surface area contributed by atoms with Crippen molar-refractivity contribution in [1.82, 2.24) is 4.98 Å². The molecule has 0 atom stereocenters. The van der Waals surface area contributed by atoms with E-state index in [0.29, 0.717) is 0 Å². The molecule has 1 rings (SSSR count). The summed E-state index contributed by atoms with van der Waals surface area (Å²) in [5.74, 6) is -1.25. The summed E-state index contributed by atoms with van der Waals surface area (Å²) >= 11 is 0. The van der Waals surface area contributed by atoms with Gasteiger partial charge in [-0.2, -0.15) is 13.8 Å². The molecule has 0 fully saturated rings. The zero-order valence-corrected chi connectivity index (χ0v) is 3.11. The average Bonchev–Trinajstić information content (AvgIpc) is 1.91. The molecule has 7 heavy (non-hydrogen) atoms. The van der Waals surface area contributed by atoms with Crippen molar-refractivity contribution in [3.05, 3.63) is 18.4 Å². The van der Waals surface area contributed by atoms with E-state index in [1.807, 2.05) is 0 Å². The number of oxazole rings is 1. The molecule has 0 saturated heterocycles. The van der Waals surface area contributed by atoms with Gasteiger partial charge in [0.1, 0.15) is 0 Å². The molecule has 0 aliphatic heterocycles. The quantitative estimate of drug-likeness (QED) is 0.485. The lowest BCUT2D eigenvalue weighted by Crippen LogP contribution is -1.72. The van der Waals surface area contributed by atoms with Gasteiger partial charge in [0.05, 0.1) is 0 Å². The van der Waals surface area contributed by atoms with Crippen molar-refractivity contribution >= 4 is 0 Å². The first-order chi connectivity index (χ1) is 3.30. The van der Waals surface area contributed by atoms with E-state index in [0.717, 1.165) is 0 Å². The maximum absolute atomic E-state index is 11.5. The van der Waals surface area contributed by atoms with E-state index < -0.39 is 12.0 Å². The Bertz CT molecular complexity index is 145. The van der Waals surface area contributed by atoms with Gasteiger partial charge in [0.15, 0.2) is 0 Å². The van der Waals surface area contributed by atoms with Crippen molar-refractivity contribution in [2.24, 2.45) is 0 Å². The molecule has 2 nitrogen and oxygen atoms in total. The van der Waals surface area contributed by atoms with E-state index in [-0.39, 0.29) is 0 Å². The zero-order chi connectivity index (χ0) is 5.28. The summed E-state index contributed by atoms with van der Waals surface area (Å²) in [7, 11) is 0. The summed E-state index contributed by atoms with van der Waals surface area (Å²) in [5, 5.41) is 0. The van der Waals surface area contributed by atoms with Crippen molar-refractivity contribution in [3.63, 3.8) is 0 Å². The molecule has 0 aliphatic rings. The van der Waals surface area contributed by atoms with Crippen molar-refractivity contribution in [3.8, 4) is 0 Å². The normalized spacial score (nSPS) is 9.43. The van der Waals surface area contributed by atoms with Crippen LogP contribution in [0.1, 0.15) is 0 Å². The van der Waals surface area contributed by atoms with Gasteiger partial charge in [0, 0.05) is 0 Å². The van der Waals surface area contributed by atoms with Crippen LogP contribution in [0.2, 0.25) is 0 Å². The van der Waals surface area contributed by atoms with Crippen LogP contribution in [0, 0.1) is 18.4 Å². The fourth-order valence-electron chi connectivity index (χ4n) is 0.189. The Hall–Kier alpha value is -0.930. The molecule has 0 saturated carbocycles. The average molecular weight is 104 g/mol. The molecule has 4 heteroatoms. The second-order valence-corrected chi connectivity index (χ2v) is 0.870. The van der Waals surface area contributed by atoms with E-state index in [4.69, 9.17) is 0 Å². The Morgan fingerprint density at radius 3 is 2.43 bits per heavy atom. The zero-order valence-electron chi connectivity index (χ0n) is 3.11. The Kier molecular flexibility index (Phi) is 0.780. The Labute approximate surface area is 37.8 Å². The van der Waals surface area contributed by atoms with Crippen LogP contribution >= 0.6 is 0 Å². The lowest BCUT2D eigenvalue weighted by molar-refractivity contribution is 0.323. The number of hydrogen-bond donors (Lipinski definition) is 0. The maximum Gasteiger partial charge on any atom is 0.336 e. The lowest BCUT2D eigenvalue weighted by atomic mass is 10.9. The van der Waals surface area contributed by atoms with Crippen LogP contribution in [-0.2, 0) is 0 Å². The summed E-state index contributed by atoms with van der Waals surface area (Å²) in [6, 6.07) is -1.32. The van der Waals surface area contributed by atoms with Crippen LogP contribution in [0.25, 0.3) is 0 Å². The van der Waals surface area contributed by atoms with Gasteiger partial charge in [-0.15, -0.1) is 0 Å². The molecule has 0 amide bonds. The highest BCUT2D eigenvalue weighted by Gasteiger charge is 2.02. The van der Waals surface area contributed by atoms with Crippen LogP contribution in [0.15, 0.2) is 4.42 Å². The SMILES string of the molecule is Fc1n[c]oc1F. The molecule has 1 aromatic heterocycles. The van der Waals surface area contributed by atoms with Crippen molar-refractivity contribution in [1.29, 1.82) is 0 Å². The topological polar surface area (TPSA) is 26.0 Å². The number of aromatic nitrogens is 1. The molecule has 0 bridgehead atoms. The summed E-state index contributed by atoms with van der Waals surface area (Å²) < 4.78 is 26.6. The molecular weight excluding hydrogens is 104 g/mol. The van der Waals surface area contributed by atoms with Crippen molar-refractivity contribution in [2.45, 2.75) is 0 Å². The number of halogens is 2. The van der Waals surface area contributed by atoms with Crippen LogP contribution in [0.4, 0.5) is 8.78 Å². The van der Waals surface area contributed by atoms with Gasteiger partial charge in [-0.25, -0.2) is 0 Å². The Balaban J connectivity index is 3.12. The molecule has 0 unspecified atom stereocenters. The van der Waals surface area contributed by atoms with E-state index in [1.165, 1.54) is 0 Å². The molecule has 0 N–H and O–H groups in total. The molecule has 1 aromatic rings. The van der Waals surface area contributed by atoms with Crippen molar-refractivity contribution in [2.75, 3.05) is 0 Å². The highest BCUT2D eigenvalue weighted by molar-refractivity contribution is 4.69. The van der Waals surface area contributed by atoms with Gasteiger partial charge in [0.2, 0.25) is 0 Å². The van der Waals surface area contributed by atoms with Crippen molar-refractivity contribution < 1.29 is 13.2 Å². The third-order valence-electron chi connectivity index (χ3n) is 0.441. The van der Waals surface area contributed by atoms with Gasteiger partial charge >= 0.3 is 6.01 Å². The van der Waals surface area contributed by atoms with Crippen LogP contribution < -0.4 is 0 Å². The molecule has 1 heterocycles. The van der Waals surface area contributed by atoms with Crippen LogP contribution in [0.3, 0.4) is 0 Å². The summed E-state index contributed by atoms with van der Waals surface area (Å²) in [4.78, 5) is 2.68. The number of rotatable bonds is 0. The summed E-state index contributed by atoms with van der Waals surface area (Å²) in [6.07, 6.45) is 1.62. The molecular formula is C3F2NO. The molecule has 0 aliphatic carbocycles. The second kappa shape index (κ2) is 1.29. The van der Waals surface area contributed by atoms with E-state index in [2.05, 4.69) is 9.40 Å². The van der Waals surface area contributed by atoms with Gasteiger partial charge in [-0.1, -0.05) is 0 Å². The van der Waals surface area contributed by atoms with Crippen LogP contribution in [0.5, 0.6) is 0 Å². The third kappa shape index (κ3) is 0.581. The third-order valence-corrected chi connectivity index (χ3v) is 0.441. The number of hydrogen-bond acceptors (Lipinski definition) is 2. The lowest BCUT2D eigenvalue weighted by Gasteiger charge is -1.66. The number of nitrogens with zero attached hydrogens (tertiary/aromatic N) is 1. The maximum atomic E-state index is 11.5. The fourth-order valence-corrected chi connectivity index (χ4v) is 0.189. The smallest absolute Gasteiger partial charge is 0.336 e. The first-order valence-electron chi connectivity index (χ1n) is 1.48. The van der Waals surface area contributed by atoms with Gasteiger partial charge in [-0.05, 0) is 0 Å². The highest BCUT2D eigenvalue weighted by atomic mass is 19.2. The first-order valence-corrected chi connectivity index (χ1v) is 1.48. The van der Waals surface area contributed by atoms with Crippen LogP contribution in [-0.4, -0.2) is 4.98 Å². The molecule has 0 spiro atoms.